The van der Waals surface area contributed by atoms with Gasteiger partial charge >= 0.3 is 0 Å². The molecule has 1 aromatic carbocycles. The predicted molar refractivity (Wildman–Crippen MR) is 69.7 cm³/mol. The Labute approximate surface area is 107 Å². The van der Waals surface area contributed by atoms with Gasteiger partial charge in [-0.1, -0.05) is 19.8 Å². The quantitative estimate of drug-likeness (QED) is 0.793. The summed E-state index contributed by atoms with van der Waals surface area (Å²) >= 11 is 0. The van der Waals surface area contributed by atoms with E-state index in [9.17, 15) is 9.18 Å². The van der Waals surface area contributed by atoms with Gasteiger partial charge in [-0.25, -0.2) is 4.39 Å². The average Bonchev–Trinajstić information content (AvgIpc) is 2.35. The second-order valence-corrected chi connectivity index (χ2v) is 5.08. The van der Waals surface area contributed by atoms with Crippen molar-refractivity contribution in [2.45, 2.75) is 38.6 Å². The van der Waals surface area contributed by atoms with Crippen molar-refractivity contribution in [2.24, 2.45) is 5.92 Å². The maximum atomic E-state index is 13.3. The predicted octanol–water partition coefficient (Wildman–Crippen LogP) is 2.72. The summed E-state index contributed by atoms with van der Waals surface area (Å²) in [6.45, 7) is 2.15. The van der Waals surface area contributed by atoms with Crippen molar-refractivity contribution >= 4 is 11.6 Å². The zero-order chi connectivity index (χ0) is 13.1. The largest absolute Gasteiger partial charge is 0.396 e. The summed E-state index contributed by atoms with van der Waals surface area (Å²) in [7, 11) is 0. The lowest BCUT2D eigenvalue weighted by atomic mass is 9.86. The summed E-state index contributed by atoms with van der Waals surface area (Å²) in [5.41, 5.74) is 5.79. The maximum Gasteiger partial charge on any atom is 0.251 e. The molecular weight excluding hydrogens is 231 g/mol. The molecule has 1 fully saturated rings. The van der Waals surface area contributed by atoms with Gasteiger partial charge in [0.25, 0.3) is 5.91 Å². The first kappa shape index (κ1) is 12.9. The van der Waals surface area contributed by atoms with Gasteiger partial charge in [0.05, 0.1) is 5.69 Å². The second-order valence-electron chi connectivity index (χ2n) is 5.08. The molecule has 1 aromatic rings. The van der Waals surface area contributed by atoms with Crippen molar-refractivity contribution in [1.29, 1.82) is 0 Å². The van der Waals surface area contributed by atoms with E-state index in [4.69, 9.17) is 5.73 Å². The molecule has 1 aliphatic carbocycles. The highest BCUT2D eigenvalue weighted by molar-refractivity contribution is 5.94. The van der Waals surface area contributed by atoms with Gasteiger partial charge in [-0.2, -0.15) is 0 Å². The summed E-state index contributed by atoms with van der Waals surface area (Å²) in [5.74, 6) is -0.270. The van der Waals surface area contributed by atoms with E-state index >= 15 is 0 Å². The normalized spacial score (nSPS) is 23.7. The monoisotopic (exact) mass is 250 g/mol. The molecule has 0 heterocycles. The Hall–Kier alpha value is -1.58. The summed E-state index contributed by atoms with van der Waals surface area (Å²) in [6.07, 6.45) is 4.51. The molecule has 1 saturated carbocycles. The topological polar surface area (TPSA) is 55.1 Å². The van der Waals surface area contributed by atoms with Crippen LogP contribution in [0.3, 0.4) is 0 Å². The molecule has 0 bridgehead atoms. The number of carbonyl (C=O) groups excluding carboxylic acids is 1. The van der Waals surface area contributed by atoms with Crippen LogP contribution in [0.4, 0.5) is 10.1 Å². The highest BCUT2D eigenvalue weighted by atomic mass is 19.1. The van der Waals surface area contributed by atoms with E-state index < -0.39 is 5.82 Å². The third kappa shape index (κ3) is 2.81. The molecule has 0 radical (unpaired) electrons. The molecular formula is C14H19FN2O. The summed E-state index contributed by atoms with van der Waals surface area (Å²) in [4.78, 5) is 12.0. The number of rotatable bonds is 2. The van der Waals surface area contributed by atoms with Crippen molar-refractivity contribution < 1.29 is 9.18 Å². The van der Waals surface area contributed by atoms with Gasteiger partial charge in [-0.15, -0.1) is 0 Å². The molecule has 1 aliphatic rings. The lowest BCUT2D eigenvalue weighted by Gasteiger charge is -2.29. The zero-order valence-electron chi connectivity index (χ0n) is 10.6. The first-order valence-electron chi connectivity index (χ1n) is 6.44. The third-order valence-electron chi connectivity index (χ3n) is 3.69. The average molecular weight is 250 g/mol. The lowest BCUT2D eigenvalue weighted by molar-refractivity contribution is 0.0910. The van der Waals surface area contributed by atoms with Gasteiger partial charge in [0.2, 0.25) is 0 Å². The Morgan fingerprint density at radius 2 is 2.11 bits per heavy atom. The highest BCUT2D eigenvalue weighted by Gasteiger charge is 2.23. The van der Waals surface area contributed by atoms with Gasteiger partial charge in [0, 0.05) is 11.6 Å². The van der Waals surface area contributed by atoms with E-state index in [-0.39, 0.29) is 17.6 Å². The van der Waals surface area contributed by atoms with Crippen molar-refractivity contribution in [3.8, 4) is 0 Å². The van der Waals surface area contributed by atoms with Crippen molar-refractivity contribution in [3.05, 3.63) is 29.6 Å². The van der Waals surface area contributed by atoms with E-state index in [1.54, 1.807) is 6.07 Å². The molecule has 0 spiro atoms. The Morgan fingerprint density at radius 1 is 1.39 bits per heavy atom. The fourth-order valence-corrected chi connectivity index (χ4v) is 2.45. The van der Waals surface area contributed by atoms with Crippen LogP contribution in [0.15, 0.2) is 18.2 Å². The van der Waals surface area contributed by atoms with Crippen LogP contribution in [-0.4, -0.2) is 11.9 Å². The van der Waals surface area contributed by atoms with Crippen LogP contribution < -0.4 is 11.1 Å². The van der Waals surface area contributed by atoms with Crippen LogP contribution in [0.2, 0.25) is 0 Å². The van der Waals surface area contributed by atoms with E-state index in [2.05, 4.69) is 12.2 Å². The summed E-state index contributed by atoms with van der Waals surface area (Å²) in [5, 5.41) is 2.99. The molecule has 98 valence electrons. The first-order chi connectivity index (χ1) is 8.58. The Kier molecular flexibility index (Phi) is 3.84. The number of anilines is 1. The van der Waals surface area contributed by atoms with Crippen molar-refractivity contribution in [3.63, 3.8) is 0 Å². The Balaban J connectivity index is 2.04. The number of hydrogen-bond acceptors (Lipinski definition) is 2. The summed E-state index contributed by atoms with van der Waals surface area (Å²) in [6, 6.07) is 4.38. The fourth-order valence-electron chi connectivity index (χ4n) is 2.45. The Bertz CT molecular complexity index is 447. The zero-order valence-corrected chi connectivity index (χ0v) is 10.6. The van der Waals surface area contributed by atoms with Gasteiger partial charge in [0.1, 0.15) is 5.82 Å². The minimum absolute atomic E-state index is 0.0672. The lowest BCUT2D eigenvalue weighted by Crippen LogP contribution is -2.41. The second kappa shape index (κ2) is 5.38. The number of benzene rings is 1. The van der Waals surface area contributed by atoms with Gasteiger partial charge in [0.15, 0.2) is 0 Å². The van der Waals surface area contributed by atoms with Crippen LogP contribution in [0.1, 0.15) is 43.0 Å². The maximum absolute atomic E-state index is 13.3. The minimum Gasteiger partial charge on any atom is -0.396 e. The standard InChI is InChI=1S/C14H19FN2O/c1-9-4-2-3-5-13(9)17-14(18)10-6-7-12(16)11(15)8-10/h6-9,13H,2-5,16H2,1H3,(H,17,18). The number of carbonyl (C=O) groups is 1. The molecule has 18 heavy (non-hydrogen) atoms. The van der Waals surface area contributed by atoms with E-state index in [0.29, 0.717) is 11.5 Å². The molecule has 2 unspecified atom stereocenters. The molecule has 0 aliphatic heterocycles. The number of halogens is 1. The molecule has 2 rings (SSSR count). The van der Waals surface area contributed by atoms with Gasteiger partial charge in [-0.3, -0.25) is 4.79 Å². The van der Waals surface area contributed by atoms with Gasteiger partial charge in [-0.05, 0) is 37.0 Å². The van der Waals surface area contributed by atoms with Crippen LogP contribution >= 0.6 is 0 Å². The van der Waals surface area contributed by atoms with E-state index in [0.717, 1.165) is 19.3 Å². The SMILES string of the molecule is CC1CCCCC1NC(=O)c1ccc(N)c(F)c1. The smallest absolute Gasteiger partial charge is 0.251 e. The molecule has 3 N–H and O–H groups in total. The van der Waals surface area contributed by atoms with E-state index in [1.807, 2.05) is 0 Å². The summed E-state index contributed by atoms with van der Waals surface area (Å²) < 4.78 is 13.3. The highest BCUT2D eigenvalue weighted by Crippen LogP contribution is 2.24. The number of nitrogen functional groups attached to an aromatic ring is 1. The molecule has 0 saturated heterocycles. The number of nitrogens with one attached hydrogen (secondary N) is 1. The van der Waals surface area contributed by atoms with E-state index in [1.165, 1.54) is 18.6 Å². The first-order valence-corrected chi connectivity index (χ1v) is 6.44. The molecule has 1 amide bonds. The molecule has 2 atom stereocenters. The number of amides is 1. The molecule has 4 heteroatoms. The minimum atomic E-state index is -0.542. The third-order valence-corrected chi connectivity index (χ3v) is 3.69. The Morgan fingerprint density at radius 3 is 2.78 bits per heavy atom. The van der Waals surface area contributed by atoms with Crippen LogP contribution in [0.5, 0.6) is 0 Å². The van der Waals surface area contributed by atoms with Crippen LogP contribution in [0.25, 0.3) is 0 Å². The molecule has 3 nitrogen and oxygen atoms in total. The van der Waals surface area contributed by atoms with Crippen molar-refractivity contribution in [2.75, 3.05) is 5.73 Å². The van der Waals surface area contributed by atoms with Crippen LogP contribution in [0, 0.1) is 11.7 Å². The molecule has 0 aromatic heterocycles. The fraction of sp³-hybridized carbons (Fsp3) is 0.500. The van der Waals surface area contributed by atoms with Crippen molar-refractivity contribution in [1.82, 2.24) is 5.32 Å². The number of nitrogens with two attached hydrogens (primary N) is 1. The number of hydrogen-bond donors (Lipinski definition) is 2. The van der Waals surface area contributed by atoms with Gasteiger partial charge < -0.3 is 11.1 Å². The van der Waals surface area contributed by atoms with Crippen LogP contribution in [-0.2, 0) is 0 Å².